The lowest BCUT2D eigenvalue weighted by atomic mass is 10.4. The molecule has 1 rings (SSSR count). The number of hydrogen-bond acceptors (Lipinski definition) is 1. The highest BCUT2D eigenvalue weighted by atomic mass is 127. The monoisotopic (exact) mass is 304 g/mol. The van der Waals surface area contributed by atoms with Gasteiger partial charge in [0.25, 0.3) is 0 Å². The van der Waals surface area contributed by atoms with Crippen LogP contribution in [-0.2, 0) is 6.54 Å². The molecule has 0 radical (unpaired) electrons. The van der Waals surface area contributed by atoms with Crippen LogP contribution in [0.5, 0.6) is 0 Å². The summed E-state index contributed by atoms with van der Waals surface area (Å²) in [6.07, 6.45) is -3.32. The molecule has 0 aliphatic heterocycles. The predicted octanol–water partition coefficient (Wildman–Crippen LogP) is 2.75. The van der Waals surface area contributed by atoms with E-state index in [1.807, 2.05) is 29.5 Å². The molecule has 74 valence electrons. The van der Waals surface area contributed by atoms with Crippen molar-refractivity contribution in [2.24, 2.45) is 0 Å². The first-order valence-electron chi connectivity index (χ1n) is 3.65. The highest BCUT2D eigenvalue weighted by Gasteiger charge is 2.26. The van der Waals surface area contributed by atoms with E-state index in [4.69, 9.17) is 0 Å². The maximum Gasteiger partial charge on any atom is 0.390 e. The van der Waals surface area contributed by atoms with Gasteiger partial charge >= 0.3 is 6.18 Å². The van der Waals surface area contributed by atoms with E-state index >= 15 is 0 Å². The van der Waals surface area contributed by atoms with Crippen LogP contribution >= 0.6 is 22.6 Å². The molecule has 0 bridgehead atoms. The van der Waals surface area contributed by atoms with E-state index in [1.165, 1.54) is 4.68 Å². The van der Waals surface area contributed by atoms with Crippen LogP contribution in [0.15, 0.2) is 6.20 Å². The highest BCUT2D eigenvalue weighted by Crippen LogP contribution is 2.20. The molecule has 2 nitrogen and oxygen atoms in total. The molecule has 0 saturated heterocycles. The Morgan fingerprint density at radius 3 is 2.54 bits per heavy atom. The quantitative estimate of drug-likeness (QED) is 0.768. The fourth-order valence-corrected chi connectivity index (χ4v) is 1.27. The molecule has 0 unspecified atom stereocenters. The fraction of sp³-hybridized carbons (Fsp3) is 0.571. The van der Waals surface area contributed by atoms with Crippen molar-refractivity contribution in [2.45, 2.75) is 26.1 Å². The van der Waals surface area contributed by atoms with Gasteiger partial charge in [0.05, 0.1) is 6.42 Å². The van der Waals surface area contributed by atoms with Crippen molar-refractivity contribution in [1.29, 1.82) is 0 Å². The molecule has 1 aromatic rings. The number of halogens is 4. The van der Waals surface area contributed by atoms with Gasteiger partial charge in [-0.1, -0.05) is 0 Å². The van der Waals surface area contributed by atoms with Crippen molar-refractivity contribution >= 4 is 22.6 Å². The van der Waals surface area contributed by atoms with Crippen LogP contribution in [0.4, 0.5) is 13.2 Å². The van der Waals surface area contributed by atoms with Crippen LogP contribution < -0.4 is 0 Å². The van der Waals surface area contributed by atoms with Crippen LogP contribution in [0.2, 0.25) is 0 Å². The predicted molar refractivity (Wildman–Crippen MR) is 50.4 cm³/mol. The minimum absolute atomic E-state index is 0.104. The number of hydrogen-bond donors (Lipinski definition) is 0. The summed E-state index contributed by atoms with van der Waals surface area (Å²) in [5, 5.41) is 3.92. The number of rotatable bonds is 2. The minimum Gasteiger partial charge on any atom is -0.271 e. The Labute approximate surface area is 87.3 Å². The summed E-state index contributed by atoms with van der Waals surface area (Å²) >= 11 is 1.99. The average Bonchev–Trinajstić information content (AvgIpc) is 2.27. The number of alkyl halides is 3. The van der Waals surface area contributed by atoms with Gasteiger partial charge in [-0.05, 0) is 29.5 Å². The molecule has 0 aliphatic carbocycles. The molecule has 0 N–H and O–H groups in total. The standard InChI is InChI=1S/C7H8F3IN2/c1-5-4-13(12-6(5)11)3-2-7(8,9)10/h4H,2-3H2,1H3. The molecule has 0 aromatic carbocycles. The summed E-state index contributed by atoms with van der Waals surface area (Å²) in [5.41, 5.74) is 0.905. The van der Waals surface area contributed by atoms with Gasteiger partial charge in [0.15, 0.2) is 0 Å². The van der Waals surface area contributed by atoms with E-state index in [1.54, 1.807) is 6.20 Å². The molecular weight excluding hydrogens is 296 g/mol. The lowest BCUT2D eigenvalue weighted by Gasteiger charge is -2.05. The maximum absolute atomic E-state index is 11.8. The zero-order valence-electron chi connectivity index (χ0n) is 6.90. The van der Waals surface area contributed by atoms with E-state index < -0.39 is 12.6 Å². The maximum atomic E-state index is 11.8. The minimum atomic E-state index is -4.11. The van der Waals surface area contributed by atoms with E-state index in [0.717, 1.165) is 9.26 Å². The molecule has 0 aliphatic rings. The third-order valence-electron chi connectivity index (χ3n) is 1.51. The molecule has 0 fully saturated rings. The summed E-state index contributed by atoms with van der Waals surface area (Å²) in [6, 6.07) is 0. The Hall–Kier alpha value is -0.270. The molecule has 0 spiro atoms. The number of aromatic nitrogens is 2. The van der Waals surface area contributed by atoms with Gasteiger partial charge in [0, 0.05) is 18.3 Å². The molecule has 1 aromatic heterocycles. The lowest BCUT2D eigenvalue weighted by Crippen LogP contribution is -2.12. The molecule has 0 atom stereocenters. The third-order valence-corrected chi connectivity index (χ3v) is 2.58. The van der Waals surface area contributed by atoms with Crippen LogP contribution in [0, 0.1) is 10.6 Å². The first-order valence-corrected chi connectivity index (χ1v) is 4.72. The van der Waals surface area contributed by atoms with Crippen molar-refractivity contribution in [3.05, 3.63) is 15.5 Å². The van der Waals surface area contributed by atoms with Gasteiger partial charge in [-0.15, -0.1) is 0 Å². The second kappa shape index (κ2) is 3.85. The zero-order valence-corrected chi connectivity index (χ0v) is 9.06. The average molecular weight is 304 g/mol. The van der Waals surface area contributed by atoms with Crippen molar-refractivity contribution < 1.29 is 13.2 Å². The Balaban J connectivity index is 2.56. The summed E-state index contributed by atoms with van der Waals surface area (Å²) in [5.74, 6) is 0. The smallest absolute Gasteiger partial charge is 0.271 e. The molecular formula is C7H8F3IN2. The fourth-order valence-electron chi connectivity index (χ4n) is 0.853. The van der Waals surface area contributed by atoms with Crippen LogP contribution in [0.25, 0.3) is 0 Å². The van der Waals surface area contributed by atoms with Crippen LogP contribution in [0.3, 0.4) is 0 Å². The van der Waals surface area contributed by atoms with Gasteiger partial charge in [0.2, 0.25) is 0 Å². The molecule has 13 heavy (non-hydrogen) atoms. The molecule has 1 heterocycles. The summed E-state index contributed by atoms with van der Waals surface area (Å²) in [7, 11) is 0. The number of nitrogens with zero attached hydrogens (tertiary/aromatic N) is 2. The van der Waals surface area contributed by atoms with Gasteiger partial charge < -0.3 is 0 Å². The Morgan fingerprint density at radius 1 is 1.54 bits per heavy atom. The van der Waals surface area contributed by atoms with Gasteiger partial charge in [0.1, 0.15) is 3.70 Å². The van der Waals surface area contributed by atoms with E-state index in [0.29, 0.717) is 0 Å². The zero-order chi connectivity index (χ0) is 10.1. The SMILES string of the molecule is Cc1cn(CCC(F)(F)F)nc1I. The third kappa shape index (κ3) is 3.53. The summed E-state index contributed by atoms with van der Waals surface area (Å²) in [6.45, 7) is 1.71. The van der Waals surface area contributed by atoms with E-state index in [9.17, 15) is 13.2 Å². The lowest BCUT2D eigenvalue weighted by molar-refractivity contribution is -0.137. The van der Waals surface area contributed by atoms with Crippen LogP contribution in [0.1, 0.15) is 12.0 Å². The largest absolute Gasteiger partial charge is 0.390 e. The second-order valence-corrected chi connectivity index (χ2v) is 3.75. The normalized spacial score (nSPS) is 12.1. The first-order chi connectivity index (χ1) is 5.88. The van der Waals surface area contributed by atoms with Crippen molar-refractivity contribution in [1.82, 2.24) is 9.78 Å². The molecule has 0 saturated carbocycles. The number of aryl methyl sites for hydroxylation is 2. The van der Waals surface area contributed by atoms with Crippen molar-refractivity contribution in [3.63, 3.8) is 0 Å². The van der Waals surface area contributed by atoms with Gasteiger partial charge in [-0.3, -0.25) is 4.68 Å². The highest BCUT2D eigenvalue weighted by molar-refractivity contribution is 14.1. The van der Waals surface area contributed by atoms with Crippen molar-refractivity contribution in [3.8, 4) is 0 Å². The van der Waals surface area contributed by atoms with Crippen LogP contribution in [-0.4, -0.2) is 16.0 Å². The van der Waals surface area contributed by atoms with Crippen molar-refractivity contribution in [2.75, 3.05) is 0 Å². The second-order valence-electron chi connectivity index (χ2n) is 2.73. The first kappa shape index (κ1) is 10.8. The Kier molecular flexibility index (Phi) is 3.20. The van der Waals surface area contributed by atoms with Gasteiger partial charge in [-0.2, -0.15) is 18.3 Å². The summed E-state index contributed by atoms with van der Waals surface area (Å²) < 4.78 is 37.5. The van der Waals surface area contributed by atoms with E-state index in [-0.39, 0.29) is 6.54 Å². The van der Waals surface area contributed by atoms with E-state index in [2.05, 4.69) is 5.10 Å². The topological polar surface area (TPSA) is 17.8 Å². The Bertz CT molecular complexity index is 273. The Morgan fingerprint density at radius 2 is 2.15 bits per heavy atom. The molecule has 6 heteroatoms. The van der Waals surface area contributed by atoms with Gasteiger partial charge in [-0.25, -0.2) is 0 Å². The summed E-state index contributed by atoms with van der Waals surface area (Å²) in [4.78, 5) is 0. The molecule has 0 amide bonds.